The van der Waals surface area contributed by atoms with Gasteiger partial charge in [-0.2, -0.15) is 0 Å². The molecule has 0 unspecified atom stereocenters. The summed E-state index contributed by atoms with van der Waals surface area (Å²) in [4.78, 5) is 16.5. The van der Waals surface area contributed by atoms with Crippen molar-refractivity contribution in [2.75, 3.05) is 10.6 Å². The summed E-state index contributed by atoms with van der Waals surface area (Å²) >= 11 is 0. The number of benzene rings is 1. The third kappa shape index (κ3) is 4.57. The lowest BCUT2D eigenvalue weighted by atomic mass is 9.95. The first kappa shape index (κ1) is 16.5. The number of rotatable bonds is 5. The highest BCUT2D eigenvalue weighted by Crippen LogP contribution is 2.21. The van der Waals surface area contributed by atoms with Gasteiger partial charge >= 0.3 is 0 Å². The van der Waals surface area contributed by atoms with Gasteiger partial charge < -0.3 is 10.6 Å². The Balaban J connectivity index is 1.53. The molecule has 2 aromatic rings. The summed E-state index contributed by atoms with van der Waals surface area (Å²) in [6.45, 7) is 2.02. The monoisotopic (exact) mass is 323 g/mol. The maximum absolute atomic E-state index is 12.2. The van der Waals surface area contributed by atoms with Gasteiger partial charge in [-0.05, 0) is 43.0 Å². The van der Waals surface area contributed by atoms with E-state index in [1.807, 2.05) is 43.3 Å². The number of carbonyl (C=O) groups excluding carboxylic acids is 1. The predicted octanol–water partition coefficient (Wildman–Crippen LogP) is 4.32. The second-order valence-corrected chi connectivity index (χ2v) is 6.56. The van der Waals surface area contributed by atoms with Gasteiger partial charge in [0.15, 0.2) is 0 Å². The summed E-state index contributed by atoms with van der Waals surface area (Å²) in [6, 6.07) is 12.4. The molecule has 1 fully saturated rings. The molecule has 1 heterocycles. The van der Waals surface area contributed by atoms with Crippen LogP contribution in [-0.4, -0.2) is 16.9 Å². The molecule has 1 aliphatic carbocycles. The molecule has 0 radical (unpaired) electrons. The summed E-state index contributed by atoms with van der Waals surface area (Å²) in [5, 5.41) is 6.40. The molecule has 1 aliphatic rings. The van der Waals surface area contributed by atoms with Gasteiger partial charge in [0.1, 0.15) is 5.82 Å². The fraction of sp³-hybridized carbons (Fsp3) is 0.400. The smallest absolute Gasteiger partial charge is 0.229 e. The molecule has 0 aliphatic heterocycles. The highest BCUT2D eigenvalue weighted by Gasteiger charge is 2.13. The zero-order valence-electron chi connectivity index (χ0n) is 14.2. The molecule has 0 atom stereocenters. The molecule has 126 valence electrons. The molecule has 2 N–H and O–H groups in total. The number of pyridine rings is 1. The third-order valence-corrected chi connectivity index (χ3v) is 4.62. The van der Waals surface area contributed by atoms with E-state index >= 15 is 0 Å². The summed E-state index contributed by atoms with van der Waals surface area (Å²) in [5.74, 6) is 0.563. The average Bonchev–Trinajstić information content (AvgIpc) is 2.60. The fourth-order valence-corrected chi connectivity index (χ4v) is 3.20. The zero-order valence-corrected chi connectivity index (χ0v) is 14.2. The van der Waals surface area contributed by atoms with Crippen molar-refractivity contribution in [3.8, 4) is 0 Å². The van der Waals surface area contributed by atoms with E-state index in [0.717, 1.165) is 16.8 Å². The van der Waals surface area contributed by atoms with Crippen LogP contribution in [0.25, 0.3) is 0 Å². The summed E-state index contributed by atoms with van der Waals surface area (Å²) < 4.78 is 0. The van der Waals surface area contributed by atoms with Crippen molar-refractivity contribution in [2.24, 2.45) is 0 Å². The molecule has 1 aromatic heterocycles. The van der Waals surface area contributed by atoms with Crippen LogP contribution in [0, 0.1) is 6.92 Å². The average molecular weight is 323 g/mol. The first-order valence-electron chi connectivity index (χ1n) is 8.77. The Morgan fingerprint density at radius 3 is 2.62 bits per heavy atom. The summed E-state index contributed by atoms with van der Waals surface area (Å²) in [5.41, 5.74) is 3.21. The number of aromatic nitrogens is 1. The number of hydrogen-bond acceptors (Lipinski definition) is 3. The Bertz CT molecular complexity index is 676. The van der Waals surface area contributed by atoms with E-state index in [-0.39, 0.29) is 5.91 Å². The first-order chi connectivity index (χ1) is 11.7. The Morgan fingerprint density at radius 1 is 1.12 bits per heavy atom. The van der Waals surface area contributed by atoms with Crippen LogP contribution in [0.5, 0.6) is 0 Å². The number of anilines is 2. The first-order valence-corrected chi connectivity index (χ1v) is 8.77. The van der Waals surface area contributed by atoms with Crippen LogP contribution in [0.4, 0.5) is 11.5 Å². The molecule has 0 saturated heterocycles. The van der Waals surface area contributed by atoms with Crippen LogP contribution in [0.2, 0.25) is 0 Å². The van der Waals surface area contributed by atoms with Crippen molar-refractivity contribution in [3.05, 3.63) is 53.7 Å². The van der Waals surface area contributed by atoms with Crippen LogP contribution >= 0.6 is 0 Å². The maximum atomic E-state index is 12.2. The topological polar surface area (TPSA) is 54.0 Å². The number of hydrogen-bond donors (Lipinski definition) is 2. The lowest BCUT2D eigenvalue weighted by Gasteiger charge is -2.23. The predicted molar refractivity (Wildman–Crippen MR) is 98.2 cm³/mol. The van der Waals surface area contributed by atoms with Gasteiger partial charge in [0.05, 0.1) is 18.3 Å². The minimum absolute atomic E-state index is 0.0372. The van der Waals surface area contributed by atoms with E-state index in [1.54, 1.807) is 6.20 Å². The molecule has 1 aromatic carbocycles. The SMILES string of the molecule is Cc1ccccc1CC(=O)Nc1ccc(NC2CCCCC2)cn1. The van der Waals surface area contributed by atoms with Crippen molar-refractivity contribution in [1.82, 2.24) is 4.98 Å². The van der Waals surface area contributed by atoms with Crippen molar-refractivity contribution in [2.45, 2.75) is 51.5 Å². The normalized spacial score (nSPS) is 15.0. The van der Waals surface area contributed by atoms with Gasteiger partial charge in [-0.25, -0.2) is 4.98 Å². The molecule has 3 rings (SSSR count). The Labute approximate surface area is 143 Å². The maximum Gasteiger partial charge on any atom is 0.229 e. The molecule has 1 saturated carbocycles. The van der Waals surface area contributed by atoms with Gasteiger partial charge in [-0.15, -0.1) is 0 Å². The highest BCUT2D eigenvalue weighted by molar-refractivity contribution is 5.91. The highest BCUT2D eigenvalue weighted by atomic mass is 16.1. The summed E-state index contributed by atoms with van der Waals surface area (Å²) in [7, 11) is 0. The summed E-state index contributed by atoms with van der Waals surface area (Å²) in [6.07, 6.45) is 8.59. The molecular weight excluding hydrogens is 298 g/mol. The van der Waals surface area contributed by atoms with E-state index in [9.17, 15) is 4.79 Å². The van der Waals surface area contributed by atoms with Gasteiger partial charge in [-0.3, -0.25) is 4.79 Å². The van der Waals surface area contributed by atoms with Crippen molar-refractivity contribution < 1.29 is 4.79 Å². The quantitative estimate of drug-likeness (QED) is 0.862. The van der Waals surface area contributed by atoms with Gasteiger partial charge in [0.25, 0.3) is 0 Å². The minimum Gasteiger partial charge on any atom is -0.381 e. The number of nitrogens with one attached hydrogen (secondary N) is 2. The van der Waals surface area contributed by atoms with Crippen molar-refractivity contribution in [1.29, 1.82) is 0 Å². The minimum atomic E-state index is -0.0372. The van der Waals surface area contributed by atoms with Gasteiger partial charge in [0.2, 0.25) is 5.91 Å². The molecule has 0 spiro atoms. The molecule has 0 bridgehead atoms. The second kappa shape index (κ2) is 7.95. The Kier molecular flexibility index (Phi) is 5.47. The van der Waals surface area contributed by atoms with Gasteiger partial charge in [0, 0.05) is 6.04 Å². The zero-order chi connectivity index (χ0) is 16.8. The fourth-order valence-electron chi connectivity index (χ4n) is 3.20. The van der Waals surface area contributed by atoms with Crippen LogP contribution in [-0.2, 0) is 11.2 Å². The van der Waals surface area contributed by atoms with Gasteiger partial charge in [-0.1, -0.05) is 43.5 Å². The standard InChI is InChI=1S/C20H25N3O/c1-15-7-5-6-8-16(15)13-20(24)23-19-12-11-18(14-21-19)22-17-9-3-2-4-10-17/h5-8,11-12,14,17,22H,2-4,9-10,13H2,1H3,(H,21,23,24). The number of nitrogens with zero attached hydrogens (tertiary/aromatic N) is 1. The Hall–Kier alpha value is -2.36. The van der Waals surface area contributed by atoms with Crippen LogP contribution < -0.4 is 10.6 Å². The molecule has 1 amide bonds. The second-order valence-electron chi connectivity index (χ2n) is 6.56. The molecule has 4 heteroatoms. The molecular formula is C20H25N3O. The van der Waals surface area contributed by atoms with Crippen molar-refractivity contribution >= 4 is 17.4 Å². The van der Waals surface area contributed by atoms with Crippen LogP contribution in [0.3, 0.4) is 0 Å². The van der Waals surface area contributed by atoms with Crippen LogP contribution in [0.1, 0.15) is 43.2 Å². The van der Waals surface area contributed by atoms with Crippen molar-refractivity contribution in [3.63, 3.8) is 0 Å². The lowest BCUT2D eigenvalue weighted by Crippen LogP contribution is -2.22. The third-order valence-electron chi connectivity index (χ3n) is 4.62. The van der Waals surface area contributed by atoms with Crippen LogP contribution in [0.15, 0.2) is 42.6 Å². The van der Waals surface area contributed by atoms with E-state index in [1.165, 1.54) is 32.1 Å². The molecule has 24 heavy (non-hydrogen) atoms. The molecule has 4 nitrogen and oxygen atoms in total. The van der Waals surface area contributed by atoms with E-state index < -0.39 is 0 Å². The number of amides is 1. The van der Waals surface area contributed by atoms with E-state index in [4.69, 9.17) is 0 Å². The lowest BCUT2D eigenvalue weighted by molar-refractivity contribution is -0.115. The van der Waals surface area contributed by atoms with E-state index in [0.29, 0.717) is 18.3 Å². The Morgan fingerprint density at radius 2 is 1.92 bits per heavy atom. The number of aryl methyl sites for hydroxylation is 1. The number of carbonyl (C=O) groups is 1. The largest absolute Gasteiger partial charge is 0.381 e. The van der Waals surface area contributed by atoms with E-state index in [2.05, 4.69) is 15.6 Å².